The molecule has 0 saturated carbocycles. The molecule has 0 fully saturated rings. The largest absolute Gasteiger partial charge is 0.486 e. The van der Waals surface area contributed by atoms with Crippen molar-refractivity contribution in [1.82, 2.24) is 0 Å². The number of hydrogen-bond donors (Lipinski definition) is 1. The zero-order valence-corrected chi connectivity index (χ0v) is 14.7. The van der Waals surface area contributed by atoms with E-state index in [-0.39, 0.29) is 11.7 Å². The molecule has 0 spiro atoms. The Morgan fingerprint density at radius 3 is 2.17 bits per heavy atom. The molecule has 0 aliphatic rings. The van der Waals surface area contributed by atoms with Crippen LogP contribution in [0.25, 0.3) is 0 Å². The molecule has 1 N–H and O–H groups in total. The number of carboxylic acid groups (broad SMARTS) is 1. The van der Waals surface area contributed by atoms with Gasteiger partial charge in [-0.2, -0.15) is 0 Å². The van der Waals surface area contributed by atoms with Gasteiger partial charge in [-0.15, -0.1) is 0 Å². The van der Waals surface area contributed by atoms with Crippen molar-refractivity contribution in [3.63, 3.8) is 0 Å². The van der Waals surface area contributed by atoms with E-state index < -0.39 is 5.97 Å². The molecule has 0 bridgehead atoms. The van der Waals surface area contributed by atoms with Gasteiger partial charge in [0.25, 0.3) is 0 Å². The van der Waals surface area contributed by atoms with Gasteiger partial charge in [-0.1, -0.05) is 51.5 Å². The third-order valence-corrected chi connectivity index (χ3v) is 3.93. The van der Waals surface area contributed by atoms with Crippen molar-refractivity contribution in [2.24, 2.45) is 5.92 Å². The van der Waals surface area contributed by atoms with Crippen LogP contribution in [-0.2, 0) is 6.42 Å². The van der Waals surface area contributed by atoms with Crippen LogP contribution in [0.5, 0.6) is 5.75 Å². The van der Waals surface area contributed by atoms with E-state index in [1.165, 1.54) is 5.56 Å². The molecule has 1 unspecified atom stereocenters. The SMILES string of the molecule is CCCC(Oc1ccc(C(=O)O)cc1)c1ccc(CC(C)C)cc1. The van der Waals surface area contributed by atoms with Crippen molar-refractivity contribution in [3.8, 4) is 5.75 Å². The summed E-state index contributed by atoms with van der Waals surface area (Å²) in [6.45, 7) is 6.58. The van der Waals surface area contributed by atoms with Gasteiger partial charge in [-0.25, -0.2) is 4.79 Å². The normalized spacial score (nSPS) is 12.2. The van der Waals surface area contributed by atoms with E-state index in [0.717, 1.165) is 24.8 Å². The second-order valence-corrected chi connectivity index (χ2v) is 6.56. The molecular formula is C21H26O3. The van der Waals surface area contributed by atoms with Crippen LogP contribution in [0.15, 0.2) is 48.5 Å². The van der Waals surface area contributed by atoms with E-state index in [1.807, 2.05) is 0 Å². The van der Waals surface area contributed by atoms with Gasteiger partial charge in [0.1, 0.15) is 11.9 Å². The molecule has 0 aromatic heterocycles. The lowest BCUT2D eigenvalue weighted by Crippen LogP contribution is -2.08. The van der Waals surface area contributed by atoms with Gasteiger partial charge in [0, 0.05) is 0 Å². The highest BCUT2D eigenvalue weighted by atomic mass is 16.5. The number of aromatic carboxylic acids is 1. The summed E-state index contributed by atoms with van der Waals surface area (Å²) in [5.74, 6) is 0.420. The van der Waals surface area contributed by atoms with Gasteiger partial charge in [0.15, 0.2) is 0 Å². The Morgan fingerprint density at radius 2 is 1.67 bits per heavy atom. The molecule has 2 aromatic rings. The number of ether oxygens (including phenoxy) is 1. The number of rotatable bonds is 8. The molecular weight excluding hydrogens is 300 g/mol. The maximum absolute atomic E-state index is 10.9. The summed E-state index contributed by atoms with van der Waals surface area (Å²) >= 11 is 0. The van der Waals surface area contributed by atoms with Crippen LogP contribution >= 0.6 is 0 Å². The van der Waals surface area contributed by atoms with Crippen LogP contribution in [0, 0.1) is 5.92 Å². The number of benzene rings is 2. The Hall–Kier alpha value is -2.29. The van der Waals surface area contributed by atoms with Crippen molar-refractivity contribution >= 4 is 5.97 Å². The predicted molar refractivity (Wildman–Crippen MR) is 96.7 cm³/mol. The molecule has 0 aliphatic heterocycles. The molecule has 0 heterocycles. The van der Waals surface area contributed by atoms with Crippen LogP contribution in [0.4, 0.5) is 0 Å². The molecule has 0 radical (unpaired) electrons. The molecule has 0 amide bonds. The summed E-state index contributed by atoms with van der Waals surface area (Å²) in [4.78, 5) is 10.9. The van der Waals surface area contributed by atoms with Gasteiger partial charge in [-0.3, -0.25) is 0 Å². The van der Waals surface area contributed by atoms with Gasteiger partial charge in [0.2, 0.25) is 0 Å². The highest BCUT2D eigenvalue weighted by Crippen LogP contribution is 2.27. The fourth-order valence-corrected chi connectivity index (χ4v) is 2.74. The van der Waals surface area contributed by atoms with Crippen molar-refractivity contribution in [2.45, 2.75) is 46.1 Å². The van der Waals surface area contributed by atoms with Gasteiger partial charge >= 0.3 is 5.97 Å². The lowest BCUT2D eigenvalue weighted by atomic mass is 9.99. The van der Waals surface area contributed by atoms with Gasteiger partial charge in [-0.05, 0) is 54.2 Å². The molecule has 3 heteroatoms. The first-order chi connectivity index (χ1) is 11.5. The minimum atomic E-state index is -0.924. The molecule has 128 valence electrons. The minimum absolute atomic E-state index is 0.0150. The summed E-state index contributed by atoms with van der Waals surface area (Å²) in [6.07, 6.45) is 3.00. The number of carbonyl (C=O) groups is 1. The fourth-order valence-electron chi connectivity index (χ4n) is 2.74. The second-order valence-electron chi connectivity index (χ2n) is 6.56. The standard InChI is InChI=1S/C21H26O3/c1-4-5-20(17-8-6-16(7-9-17)14-15(2)3)24-19-12-10-18(11-13-19)21(22)23/h6-13,15,20H,4-5,14H2,1-3H3,(H,22,23). The topological polar surface area (TPSA) is 46.5 Å². The maximum Gasteiger partial charge on any atom is 0.335 e. The Bertz CT molecular complexity index is 642. The monoisotopic (exact) mass is 326 g/mol. The Kier molecular flexibility index (Phi) is 6.42. The summed E-state index contributed by atoms with van der Waals surface area (Å²) in [5, 5.41) is 8.97. The van der Waals surface area contributed by atoms with E-state index in [4.69, 9.17) is 9.84 Å². The predicted octanol–water partition coefficient (Wildman–Crippen LogP) is 5.50. The lowest BCUT2D eigenvalue weighted by Gasteiger charge is -2.20. The fraction of sp³-hybridized carbons (Fsp3) is 0.381. The second kappa shape index (κ2) is 8.53. The number of carboxylic acids is 1. The maximum atomic E-state index is 10.9. The van der Waals surface area contributed by atoms with E-state index in [1.54, 1.807) is 24.3 Å². The molecule has 0 saturated heterocycles. The average Bonchev–Trinajstić information content (AvgIpc) is 2.55. The third-order valence-electron chi connectivity index (χ3n) is 3.93. The average molecular weight is 326 g/mol. The summed E-state index contributed by atoms with van der Waals surface area (Å²) < 4.78 is 6.10. The van der Waals surface area contributed by atoms with Crippen LogP contribution in [-0.4, -0.2) is 11.1 Å². The Labute approximate surface area is 144 Å². The first-order valence-electron chi connectivity index (χ1n) is 8.58. The van der Waals surface area contributed by atoms with Gasteiger partial charge in [0.05, 0.1) is 5.56 Å². The highest BCUT2D eigenvalue weighted by molar-refractivity contribution is 5.87. The Balaban J connectivity index is 2.12. The van der Waals surface area contributed by atoms with Crippen molar-refractivity contribution < 1.29 is 14.6 Å². The highest BCUT2D eigenvalue weighted by Gasteiger charge is 2.13. The summed E-state index contributed by atoms with van der Waals surface area (Å²) in [6, 6.07) is 15.2. The molecule has 2 aromatic carbocycles. The van der Waals surface area contributed by atoms with Gasteiger partial charge < -0.3 is 9.84 Å². The van der Waals surface area contributed by atoms with E-state index in [9.17, 15) is 4.79 Å². The smallest absolute Gasteiger partial charge is 0.335 e. The summed E-state index contributed by atoms with van der Waals surface area (Å²) in [7, 11) is 0. The van der Waals surface area contributed by atoms with E-state index in [0.29, 0.717) is 11.7 Å². The Morgan fingerprint density at radius 1 is 1.04 bits per heavy atom. The van der Waals surface area contributed by atoms with Crippen molar-refractivity contribution in [1.29, 1.82) is 0 Å². The van der Waals surface area contributed by atoms with Crippen LogP contribution in [0.1, 0.15) is 61.2 Å². The molecule has 3 nitrogen and oxygen atoms in total. The molecule has 1 atom stereocenters. The first kappa shape index (κ1) is 18.1. The molecule has 24 heavy (non-hydrogen) atoms. The lowest BCUT2D eigenvalue weighted by molar-refractivity contribution is 0.0697. The third kappa shape index (κ3) is 5.12. The molecule has 2 rings (SSSR count). The zero-order valence-electron chi connectivity index (χ0n) is 14.7. The van der Waals surface area contributed by atoms with Crippen molar-refractivity contribution in [3.05, 3.63) is 65.2 Å². The van der Waals surface area contributed by atoms with Crippen LogP contribution < -0.4 is 4.74 Å². The quantitative estimate of drug-likeness (QED) is 0.696. The van der Waals surface area contributed by atoms with Crippen molar-refractivity contribution in [2.75, 3.05) is 0 Å². The zero-order chi connectivity index (χ0) is 17.5. The summed E-state index contributed by atoms with van der Waals surface area (Å²) in [5.41, 5.74) is 2.77. The van der Waals surface area contributed by atoms with Crippen LogP contribution in [0.3, 0.4) is 0 Å². The minimum Gasteiger partial charge on any atom is -0.486 e. The molecule has 0 aliphatic carbocycles. The van der Waals surface area contributed by atoms with Crippen LogP contribution in [0.2, 0.25) is 0 Å². The first-order valence-corrected chi connectivity index (χ1v) is 8.58. The number of hydrogen-bond acceptors (Lipinski definition) is 2. The van der Waals surface area contributed by atoms with E-state index in [2.05, 4.69) is 45.0 Å². The van der Waals surface area contributed by atoms with E-state index >= 15 is 0 Å².